The van der Waals surface area contributed by atoms with Crippen molar-refractivity contribution < 1.29 is 4.39 Å². The Morgan fingerprint density at radius 2 is 2.33 bits per heavy atom. The number of hydrogen-bond donors (Lipinski definition) is 0. The Labute approximate surface area is 68.9 Å². The molecule has 0 bridgehead atoms. The van der Waals surface area contributed by atoms with Crippen molar-refractivity contribution in [1.82, 2.24) is 14.6 Å². The molecule has 0 aliphatic rings. The molecule has 2 heterocycles. The Morgan fingerprint density at radius 3 is 3.08 bits per heavy atom. The minimum Gasteiger partial charge on any atom is -0.218 e. The van der Waals surface area contributed by atoms with Gasteiger partial charge in [-0.3, -0.25) is 0 Å². The van der Waals surface area contributed by atoms with Gasteiger partial charge in [0, 0.05) is 0 Å². The summed E-state index contributed by atoms with van der Waals surface area (Å²) in [4.78, 5) is 3.62. The van der Waals surface area contributed by atoms with E-state index in [1.807, 2.05) is 13.0 Å². The van der Waals surface area contributed by atoms with Gasteiger partial charge in [-0.05, 0) is 18.6 Å². The van der Waals surface area contributed by atoms with Crippen LogP contribution >= 0.6 is 0 Å². The molecule has 0 aliphatic carbocycles. The molecule has 2 rings (SSSR count). The zero-order valence-electron chi connectivity index (χ0n) is 6.66. The summed E-state index contributed by atoms with van der Waals surface area (Å²) in [6, 6.07) is 3.61. The second kappa shape index (κ2) is 2.55. The van der Waals surface area contributed by atoms with Crippen molar-refractivity contribution in [3.05, 3.63) is 30.0 Å². The summed E-state index contributed by atoms with van der Waals surface area (Å²) in [7, 11) is 0. The fourth-order valence-electron chi connectivity index (χ4n) is 1.08. The van der Waals surface area contributed by atoms with E-state index < -0.39 is 5.95 Å². The molecule has 0 amide bonds. The quantitative estimate of drug-likeness (QED) is 0.639. The lowest BCUT2D eigenvalue weighted by molar-refractivity contribution is 0.590. The molecule has 0 saturated carbocycles. The van der Waals surface area contributed by atoms with Crippen LogP contribution in [0.4, 0.5) is 4.39 Å². The van der Waals surface area contributed by atoms with Crippen molar-refractivity contribution in [3.63, 3.8) is 0 Å². The van der Waals surface area contributed by atoms with Gasteiger partial charge in [0.1, 0.15) is 0 Å². The van der Waals surface area contributed by atoms with Gasteiger partial charge >= 0.3 is 0 Å². The maximum absolute atomic E-state index is 12.6. The molecule has 12 heavy (non-hydrogen) atoms. The maximum Gasteiger partial charge on any atom is 0.233 e. The van der Waals surface area contributed by atoms with Gasteiger partial charge in [0.05, 0.1) is 11.9 Å². The van der Waals surface area contributed by atoms with Crippen LogP contribution in [0.25, 0.3) is 5.65 Å². The average Bonchev–Trinajstić information content (AvgIpc) is 2.43. The van der Waals surface area contributed by atoms with Crippen LogP contribution in [0.15, 0.2) is 18.3 Å². The summed E-state index contributed by atoms with van der Waals surface area (Å²) in [6.45, 7) is 2.00. The SMILES string of the molecule is CCc1ccc2nc(F)cn2n1. The number of rotatable bonds is 1. The molecule has 0 saturated heterocycles. The van der Waals surface area contributed by atoms with Gasteiger partial charge in [0.25, 0.3) is 0 Å². The van der Waals surface area contributed by atoms with E-state index in [2.05, 4.69) is 10.1 Å². The predicted molar refractivity (Wildman–Crippen MR) is 42.3 cm³/mol. The van der Waals surface area contributed by atoms with E-state index in [0.29, 0.717) is 5.65 Å². The smallest absolute Gasteiger partial charge is 0.218 e. The number of aromatic nitrogens is 3. The summed E-state index contributed by atoms with van der Waals surface area (Å²) in [5.41, 5.74) is 1.48. The van der Waals surface area contributed by atoms with Crippen molar-refractivity contribution >= 4 is 5.65 Å². The fraction of sp³-hybridized carbons (Fsp3) is 0.250. The normalized spacial score (nSPS) is 10.8. The van der Waals surface area contributed by atoms with E-state index in [0.717, 1.165) is 12.1 Å². The molecule has 62 valence electrons. The molecular formula is C8H8FN3. The molecule has 3 nitrogen and oxygen atoms in total. The number of hydrogen-bond acceptors (Lipinski definition) is 2. The van der Waals surface area contributed by atoms with Gasteiger partial charge in [0.15, 0.2) is 5.65 Å². The lowest BCUT2D eigenvalue weighted by atomic mass is 10.3. The first-order chi connectivity index (χ1) is 5.79. The molecule has 0 radical (unpaired) electrons. The highest BCUT2D eigenvalue weighted by Crippen LogP contribution is 2.03. The first-order valence-electron chi connectivity index (χ1n) is 3.80. The summed E-state index contributed by atoms with van der Waals surface area (Å²) in [5.74, 6) is -0.490. The molecule has 2 aromatic heterocycles. The van der Waals surface area contributed by atoms with Crippen molar-refractivity contribution in [1.29, 1.82) is 0 Å². The number of fused-ring (bicyclic) bond motifs is 1. The van der Waals surface area contributed by atoms with E-state index in [1.54, 1.807) is 6.07 Å². The molecule has 2 aromatic rings. The molecule has 0 spiro atoms. The van der Waals surface area contributed by atoms with Gasteiger partial charge < -0.3 is 0 Å². The second-order valence-electron chi connectivity index (χ2n) is 2.54. The third-order valence-corrected chi connectivity index (χ3v) is 1.71. The number of halogens is 1. The Kier molecular flexibility index (Phi) is 1.53. The predicted octanol–water partition coefficient (Wildman–Crippen LogP) is 1.43. The minimum atomic E-state index is -0.490. The highest BCUT2D eigenvalue weighted by molar-refractivity contribution is 5.36. The first-order valence-corrected chi connectivity index (χ1v) is 3.80. The van der Waals surface area contributed by atoms with Crippen molar-refractivity contribution in [2.45, 2.75) is 13.3 Å². The first kappa shape index (κ1) is 7.21. The Morgan fingerprint density at radius 1 is 1.50 bits per heavy atom. The highest BCUT2D eigenvalue weighted by atomic mass is 19.1. The van der Waals surface area contributed by atoms with E-state index in [9.17, 15) is 4.39 Å². The molecule has 0 aliphatic heterocycles. The third-order valence-electron chi connectivity index (χ3n) is 1.71. The minimum absolute atomic E-state index is 0.490. The molecule has 0 N–H and O–H groups in total. The van der Waals surface area contributed by atoms with Crippen LogP contribution in [0, 0.1) is 5.95 Å². The summed E-state index contributed by atoms with van der Waals surface area (Å²) in [6.07, 6.45) is 2.12. The van der Waals surface area contributed by atoms with Crippen LogP contribution in [-0.2, 0) is 6.42 Å². The molecular weight excluding hydrogens is 157 g/mol. The van der Waals surface area contributed by atoms with E-state index in [-0.39, 0.29) is 0 Å². The lowest BCUT2D eigenvalue weighted by Crippen LogP contribution is -1.94. The lowest BCUT2D eigenvalue weighted by Gasteiger charge is -1.94. The van der Waals surface area contributed by atoms with Crippen molar-refractivity contribution in [2.24, 2.45) is 0 Å². The number of nitrogens with zero attached hydrogens (tertiary/aromatic N) is 3. The maximum atomic E-state index is 12.6. The largest absolute Gasteiger partial charge is 0.233 e. The average molecular weight is 165 g/mol. The van der Waals surface area contributed by atoms with Crippen LogP contribution in [0.1, 0.15) is 12.6 Å². The molecule has 0 atom stereocenters. The summed E-state index contributed by atoms with van der Waals surface area (Å²) < 4.78 is 14.0. The number of aryl methyl sites for hydroxylation is 1. The summed E-state index contributed by atoms with van der Waals surface area (Å²) >= 11 is 0. The van der Waals surface area contributed by atoms with Gasteiger partial charge in [-0.25, -0.2) is 4.52 Å². The molecule has 0 aromatic carbocycles. The van der Waals surface area contributed by atoms with Crippen molar-refractivity contribution in [2.75, 3.05) is 0 Å². The Hall–Kier alpha value is -1.45. The van der Waals surface area contributed by atoms with Crippen LogP contribution in [0.3, 0.4) is 0 Å². The monoisotopic (exact) mass is 165 g/mol. The van der Waals surface area contributed by atoms with Crippen molar-refractivity contribution in [3.8, 4) is 0 Å². The van der Waals surface area contributed by atoms with Crippen LogP contribution < -0.4 is 0 Å². The Bertz CT molecular complexity index is 408. The van der Waals surface area contributed by atoms with Gasteiger partial charge in [-0.1, -0.05) is 6.92 Å². The van der Waals surface area contributed by atoms with Crippen LogP contribution in [-0.4, -0.2) is 14.6 Å². The zero-order valence-corrected chi connectivity index (χ0v) is 6.66. The molecule has 0 fully saturated rings. The third kappa shape index (κ3) is 1.05. The van der Waals surface area contributed by atoms with E-state index >= 15 is 0 Å². The van der Waals surface area contributed by atoms with Crippen LogP contribution in [0.2, 0.25) is 0 Å². The zero-order chi connectivity index (χ0) is 8.55. The Balaban J connectivity index is 2.66. The standard InChI is InChI=1S/C8H8FN3/c1-2-6-3-4-8-10-7(9)5-12(8)11-6/h3-5H,2H2,1H3. The van der Waals surface area contributed by atoms with E-state index in [4.69, 9.17) is 0 Å². The van der Waals surface area contributed by atoms with E-state index in [1.165, 1.54) is 10.7 Å². The van der Waals surface area contributed by atoms with Crippen LogP contribution in [0.5, 0.6) is 0 Å². The van der Waals surface area contributed by atoms with Gasteiger partial charge in [-0.2, -0.15) is 14.5 Å². The molecule has 0 unspecified atom stereocenters. The fourth-order valence-corrected chi connectivity index (χ4v) is 1.08. The second-order valence-corrected chi connectivity index (χ2v) is 2.54. The van der Waals surface area contributed by atoms with Gasteiger partial charge in [0.2, 0.25) is 5.95 Å². The number of imidazole rings is 1. The van der Waals surface area contributed by atoms with Gasteiger partial charge in [-0.15, -0.1) is 0 Å². The molecule has 4 heteroatoms. The summed E-state index contributed by atoms with van der Waals surface area (Å²) in [5, 5.41) is 4.13. The topological polar surface area (TPSA) is 30.2 Å². The highest BCUT2D eigenvalue weighted by Gasteiger charge is 2.00.